The first kappa shape index (κ1) is 12.0. The van der Waals surface area contributed by atoms with E-state index < -0.39 is 0 Å². The minimum absolute atomic E-state index is 0.437. The van der Waals surface area contributed by atoms with E-state index in [0.717, 1.165) is 29.6 Å². The van der Waals surface area contributed by atoms with Crippen LogP contribution in [0.1, 0.15) is 53.4 Å². The van der Waals surface area contributed by atoms with Crippen LogP contribution in [0.2, 0.25) is 0 Å². The van der Waals surface area contributed by atoms with Crippen LogP contribution in [0.3, 0.4) is 0 Å². The van der Waals surface area contributed by atoms with E-state index in [9.17, 15) is 0 Å². The molecule has 0 aliphatic heterocycles. The summed E-state index contributed by atoms with van der Waals surface area (Å²) >= 11 is 0. The van der Waals surface area contributed by atoms with Gasteiger partial charge in [-0.2, -0.15) is 7.05 Å². The Kier molecular flexibility index (Phi) is 2.47. The first-order valence-electron chi connectivity index (χ1n) is 7.53. The molecule has 0 aromatic rings. The fourth-order valence-electron chi connectivity index (χ4n) is 5.75. The predicted octanol–water partition coefficient (Wildman–Crippen LogP) is 2.83. The molecule has 2 bridgehead atoms. The number of nitrogens with two attached hydrogens (primary N) is 1. The van der Waals surface area contributed by atoms with Gasteiger partial charge in [-0.05, 0) is 55.3 Å². The third-order valence-electron chi connectivity index (χ3n) is 6.85. The highest BCUT2D eigenvalue weighted by Crippen LogP contribution is 2.67. The molecular formula is C16H29N. The highest BCUT2D eigenvalue weighted by molar-refractivity contribution is 5.12. The zero-order valence-corrected chi connectivity index (χ0v) is 12.0. The topological polar surface area (TPSA) is 16.6 Å². The van der Waals surface area contributed by atoms with E-state index in [-0.39, 0.29) is 0 Å². The van der Waals surface area contributed by atoms with E-state index in [1.807, 2.05) is 0 Å². The summed E-state index contributed by atoms with van der Waals surface area (Å²) in [6.07, 6.45) is 5.89. The Balaban J connectivity index is 1.95. The molecule has 0 radical (unpaired) electrons. The molecule has 98 valence electrons. The van der Waals surface area contributed by atoms with Crippen molar-refractivity contribution in [3.8, 4) is 0 Å². The Bertz CT molecular complexity index is 323. The Labute approximate surface area is 107 Å². The van der Waals surface area contributed by atoms with Crippen LogP contribution in [0.4, 0.5) is 0 Å². The van der Waals surface area contributed by atoms with Crippen LogP contribution in [0.5, 0.6) is 0 Å². The molecule has 3 aliphatic rings. The molecule has 3 fully saturated rings. The van der Waals surface area contributed by atoms with Crippen molar-refractivity contribution in [3.63, 3.8) is 0 Å². The maximum atomic E-state index is 4.15. The lowest BCUT2D eigenvalue weighted by molar-refractivity contribution is -0.685. The summed E-state index contributed by atoms with van der Waals surface area (Å²) in [7, 11) is 4.15. The van der Waals surface area contributed by atoms with Gasteiger partial charge < -0.3 is 5.32 Å². The average molecular weight is 235 g/mol. The number of hydrogen-bond donors (Lipinski definition) is 1. The molecule has 0 saturated heterocycles. The van der Waals surface area contributed by atoms with E-state index in [0.29, 0.717) is 11.0 Å². The van der Waals surface area contributed by atoms with Gasteiger partial charge >= 0.3 is 0 Å². The van der Waals surface area contributed by atoms with Crippen LogP contribution in [0.25, 0.3) is 0 Å². The zero-order valence-electron chi connectivity index (χ0n) is 12.0. The highest BCUT2D eigenvalue weighted by atomic mass is 15.0. The lowest BCUT2D eigenvalue weighted by Crippen LogP contribution is -2.93. The monoisotopic (exact) mass is 235 g/mol. The van der Waals surface area contributed by atoms with Gasteiger partial charge in [-0.25, -0.2) is 0 Å². The quantitative estimate of drug-likeness (QED) is 0.709. The van der Waals surface area contributed by atoms with Crippen molar-refractivity contribution in [1.82, 2.24) is 0 Å². The molecule has 3 aliphatic carbocycles. The van der Waals surface area contributed by atoms with Crippen LogP contribution >= 0.6 is 0 Å². The summed E-state index contributed by atoms with van der Waals surface area (Å²) in [4.78, 5) is 0. The number of rotatable bonds is 2. The van der Waals surface area contributed by atoms with Crippen molar-refractivity contribution in [2.24, 2.45) is 35.0 Å². The molecule has 17 heavy (non-hydrogen) atoms. The lowest BCUT2D eigenvalue weighted by atomic mass is 9.65. The molecule has 0 spiro atoms. The minimum atomic E-state index is 0.437. The number of hydrogen-bond acceptors (Lipinski definition) is 0. The van der Waals surface area contributed by atoms with Crippen molar-refractivity contribution in [3.05, 3.63) is 7.05 Å². The van der Waals surface area contributed by atoms with Crippen molar-refractivity contribution >= 4 is 0 Å². The fraction of sp³-hybridized carbons (Fsp3) is 0.938. The smallest absolute Gasteiger partial charge is 0.0726 e. The van der Waals surface area contributed by atoms with Gasteiger partial charge in [0.05, 0.1) is 5.54 Å². The fourth-order valence-corrected chi connectivity index (χ4v) is 5.75. The summed E-state index contributed by atoms with van der Waals surface area (Å²) in [6.45, 7) is 9.93. The van der Waals surface area contributed by atoms with E-state index in [1.165, 1.54) is 25.7 Å². The lowest BCUT2D eigenvalue weighted by Gasteiger charge is -2.44. The van der Waals surface area contributed by atoms with Gasteiger partial charge in [0.15, 0.2) is 0 Å². The second-order valence-corrected chi connectivity index (χ2v) is 8.09. The summed E-state index contributed by atoms with van der Waals surface area (Å²) in [5.74, 6) is 4.80. The highest BCUT2D eigenvalue weighted by Gasteiger charge is 2.63. The molecule has 1 heteroatoms. The van der Waals surface area contributed by atoms with E-state index in [2.05, 4.69) is 40.1 Å². The van der Waals surface area contributed by atoms with Gasteiger partial charge in [-0.1, -0.05) is 20.8 Å². The third kappa shape index (κ3) is 1.47. The Morgan fingerprint density at radius 2 is 1.88 bits per heavy atom. The molecule has 5 unspecified atom stereocenters. The van der Waals surface area contributed by atoms with Crippen LogP contribution < -0.4 is 5.32 Å². The van der Waals surface area contributed by atoms with Crippen molar-refractivity contribution in [1.29, 1.82) is 0 Å². The van der Waals surface area contributed by atoms with E-state index >= 15 is 0 Å². The molecule has 3 rings (SSSR count). The Morgan fingerprint density at radius 3 is 2.47 bits per heavy atom. The summed E-state index contributed by atoms with van der Waals surface area (Å²) in [6, 6.07) is 0. The molecule has 0 heterocycles. The van der Waals surface area contributed by atoms with Crippen LogP contribution in [0, 0.1) is 42.1 Å². The van der Waals surface area contributed by atoms with Gasteiger partial charge in [-0.15, -0.1) is 0 Å². The third-order valence-corrected chi connectivity index (χ3v) is 6.85. The van der Waals surface area contributed by atoms with Gasteiger partial charge in [0.25, 0.3) is 0 Å². The van der Waals surface area contributed by atoms with Crippen LogP contribution in [0.15, 0.2) is 0 Å². The number of quaternary nitrogens is 1. The van der Waals surface area contributed by atoms with Crippen molar-refractivity contribution in [2.75, 3.05) is 0 Å². The molecule has 1 nitrogen and oxygen atoms in total. The number of fused-ring (bicyclic) bond motifs is 1. The zero-order chi connectivity index (χ0) is 12.4. The van der Waals surface area contributed by atoms with Gasteiger partial charge in [0, 0.05) is 12.3 Å². The first-order chi connectivity index (χ1) is 7.89. The van der Waals surface area contributed by atoms with Crippen LogP contribution in [-0.4, -0.2) is 5.54 Å². The largest absolute Gasteiger partial charge is 0.474 e. The molecule has 6 atom stereocenters. The summed E-state index contributed by atoms with van der Waals surface area (Å²) in [5, 5.41) is 2.29. The first-order valence-corrected chi connectivity index (χ1v) is 7.53. The average Bonchev–Trinajstić information content (AvgIpc) is 2.69. The Hall–Kier alpha value is -0.0400. The molecule has 0 aromatic heterocycles. The summed E-state index contributed by atoms with van der Waals surface area (Å²) in [5.41, 5.74) is 1.11. The second kappa shape index (κ2) is 3.50. The van der Waals surface area contributed by atoms with Crippen molar-refractivity contribution in [2.45, 2.75) is 58.9 Å². The maximum Gasteiger partial charge on any atom is 0.0726 e. The SMILES string of the molecule is [CH2-][NH2+]C1(C)CC2C3CC1CC3(C)C[C@H]2C(C)C. The van der Waals surface area contributed by atoms with E-state index in [4.69, 9.17) is 0 Å². The molecular weight excluding hydrogens is 206 g/mol. The maximum absolute atomic E-state index is 4.15. The molecule has 0 amide bonds. The second-order valence-electron chi connectivity index (χ2n) is 8.09. The molecule has 0 aromatic carbocycles. The molecule has 2 N–H and O–H groups in total. The molecule has 3 saturated carbocycles. The van der Waals surface area contributed by atoms with E-state index in [1.54, 1.807) is 0 Å². The van der Waals surface area contributed by atoms with Gasteiger partial charge in [0.2, 0.25) is 0 Å². The standard InChI is InChI=1S/C16H29N/c1-10(2)12-8-15(3)7-11-6-14(15)13(12)9-16(11,4)17-5/h10-14H,5-9,17H2,1-4H3/t11?,12-,13?,14?,15?,16?/m0/s1. The van der Waals surface area contributed by atoms with Crippen LogP contribution in [-0.2, 0) is 0 Å². The predicted molar refractivity (Wildman–Crippen MR) is 71.1 cm³/mol. The normalized spacial score (nSPS) is 56.8. The van der Waals surface area contributed by atoms with Gasteiger partial charge in [0.1, 0.15) is 0 Å². The van der Waals surface area contributed by atoms with Gasteiger partial charge in [-0.3, -0.25) is 0 Å². The van der Waals surface area contributed by atoms with Crippen molar-refractivity contribution < 1.29 is 5.32 Å². The Morgan fingerprint density at radius 1 is 1.18 bits per heavy atom. The minimum Gasteiger partial charge on any atom is -0.474 e. The summed E-state index contributed by atoms with van der Waals surface area (Å²) < 4.78 is 0.